The van der Waals surface area contributed by atoms with Crippen molar-refractivity contribution in [2.75, 3.05) is 26.3 Å². The Morgan fingerprint density at radius 3 is 2.76 bits per heavy atom. The number of carbonyl (C=O) groups is 1. The van der Waals surface area contributed by atoms with Crippen molar-refractivity contribution < 1.29 is 14.1 Å². The van der Waals surface area contributed by atoms with Gasteiger partial charge in [-0.2, -0.15) is 16.3 Å². The Morgan fingerprint density at radius 2 is 2.04 bits per heavy atom. The second-order valence-corrected chi connectivity index (χ2v) is 7.66. The first-order valence-corrected chi connectivity index (χ1v) is 9.95. The number of nitrogens with zero attached hydrogens (tertiary/aromatic N) is 3. The smallest absolute Gasteiger partial charge is 0.254 e. The lowest BCUT2D eigenvalue weighted by molar-refractivity contribution is 0.0688. The van der Waals surface area contributed by atoms with Gasteiger partial charge in [0.05, 0.1) is 5.56 Å². The molecule has 2 aromatic rings. The number of hydrogen-bond donors (Lipinski definition) is 0. The molecule has 0 bridgehead atoms. The van der Waals surface area contributed by atoms with E-state index in [1.165, 1.54) is 0 Å². The van der Waals surface area contributed by atoms with Crippen LogP contribution >= 0.6 is 11.3 Å². The Morgan fingerprint density at radius 1 is 1.24 bits per heavy atom. The molecule has 4 heterocycles. The summed E-state index contributed by atoms with van der Waals surface area (Å²) in [6, 6.07) is 1.90. The van der Waals surface area contributed by atoms with Crippen molar-refractivity contribution in [3.63, 3.8) is 0 Å². The van der Waals surface area contributed by atoms with E-state index in [0.717, 1.165) is 75.7 Å². The molecule has 2 aromatic heterocycles. The highest BCUT2D eigenvalue weighted by molar-refractivity contribution is 7.08. The molecule has 2 aliphatic rings. The highest BCUT2D eigenvalue weighted by Gasteiger charge is 2.26. The fourth-order valence-corrected chi connectivity index (χ4v) is 4.26. The van der Waals surface area contributed by atoms with Crippen molar-refractivity contribution in [2.24, 2.45) is 5.92 Å². The number of thiophene rings is 1. The lowest BCUT2D eigenvalue weighted by Crippen LogP contribution is -2.38. The number of hydrogen-bond acceptors (Lipinski definition) is 6. The molecule has 25 heavy (non-hydrogen) atoms. The van der Waals surface area contributed by atoms with Gasteiger partial charge in [-0.25, -0.2) is 0 Å². The molecular formula is C18H23N3O3S. The summed E-state index contributed by atoms with van der Waals surface area (Å²) in [7, 11) is 0. The largest absolute Gasteiger partial charge is 0.381 e. The molecule has 0 radical (unpaired) electrons. The maximum absolute atomic E-state index is 12.4. The second kappa shape index (κ2) is 7.66. The predicted octanol–water partition coefficient (Wildman–Crippen LogP) is 3.12. The average molecular weight is 361 g/mol. The van der Waals surface area contributed by atoms with Gasteiger partial charge < -0.3 is 14.2 Å². The maximum Gasteiger partial charge on any atom is 0.254 e. The number of aromatic nitrogens is 2. The minimum absolute atomic E-state index is 0.152. The van der Waals surface area contributed by atoms with E-state index in [1.807, 2.05) is 21.7 Å². The van der Waals surface area contributed by atoms with Gasteiger partial charge in [0, 0.05) is 44.0 Å². The van der Waals surface area contributed by atoms with Crippen LogP contribution in [-0.2, 0) is 11.2 Å². The van der Waals surface area contributed by atoms with Gasteiger partial charge in [0.15, 0.2) is 5.82 Å². The molecule has 0 aliphatic carbocycles. The van der Waals surface area contributed by atoms with E-state index in [9.17, 15) is 4.79 Å². The number of carbonyl (C=O) groups excluding carboxylic acids is 1. The lowest BCUT2D eigenvalue weighted by Gasteiger charge is -2.31. The van der Waals surface area contributed by atoms with Crippen LogP contribution < -0.4 is 0 Å². The Kier molecular flexibility index (Phi) is 5.12. The van der Waals surface area contributed by atoms with Gasteiger partial charge in [-0.3, -0.25) is 4.79 Å². The van der Waals surface area contributed by atoms with Crippen LogP contribution in [0.1, 0.15) is 53.7 Å². The number of likely N-dealkylation sites (tertiary alicyclic amines) is 1. The Bertz CT molecular complexity index is 686. The Balaban J connectivity index is 1.28. The van der Waals surface area contributed by atoms with Gasteiger partial charge in [0.1, 0.15) is 0 Å². The van der Waals surface area contributed by atoms with Gasteiger partial charge >= 0.3 is 0 Å². The minimum atomic E-state index is 0.152. The zero-order valence-electron chi connectivity index (χ0n) is 14.2. The summed E-state index contributed by atoms with van der Waals surface area (Å²) >= 11 is 1.57. The first-order chi connectivity index (χ1) is 12.3. The summed E-state index contributed by atoms with van der Waals surface area (Å²) < 4.78 is 10.9. The molecule has 6 nitrogen and oxygen atoms in total. The standard InChI is InChI=1S/C18H23N3O3S/c22-18(15-5-10-25-12-15)21-6-1-13(2-7-21)11-16-19-17(20-24-16)14-3-8-23-9-4-14/h5,10,12-14H,1-4,6-9,11H2. The van der Waals surface area contributed by atoms with Gasteiger partial charge in [0.2, 0.25) is 5.89 Å². The van der Waals surface area contributed by atoms with Gasteiger partial charge in [0.25, 0.3) is 5.91 Å². The second-order valence-electron chi connectivity index (χ2n) is 6.88. The van der Waals surface area contributed by atoms with Crippen LogP contribution in [0, 0.1) is 5.92 Å². The highest BCUT2D eigenvalue weighted by Crippen LogP contribution is 2.26. The molecule has 134 valence electrons. The fraction of sp³-hybridized carbons (Fsp3) is 0.611. The van der Waals surface area contributed by atoms with Crippen molar-refractivity contribution >= 4 is 17.2 Å². The Hall–Kier alpha value is -1.73. The summed E-state index contributed by atoms with van der Waals surface area (Å²) in [5.74, 6) is 2.61. The van der Waals surface area contributed by atoms with Crippen LogP contribution in [0.15, 0.2) is 21.3 Å². The maximum atomic E-state index is 12.4. The van der Waals surface area contributed by atoms with E-state index in [2.05, 4.69) is 10.1 Å². The predicted molar refractivity (Wildman–Crippen MR) is 93.7 cm³/mol. The Labute approximate surface area is 151 Å². The number of ether oxygens (including phenoxy) is 1. The van der Waals surface area contributed by atoms with Crippen molar-refractivity contribution in [3.8, 4) is 0 Å². The molecule has 0 unspecified atom stereocenters. The molecule has 2 fully saturated rings. The first kappa shape index (κ1) is 16.7. The molecule has 0 spiro atoms. The monoisotopic (exact) mass is 361 g/mol. The van der Waals surface area contributed by atoms with Crippen LogP contribution in [0.4, 0.5) is 0 Å². The van der Waals surface area contributed by atoms with Crippen LogP contribution in [0.5, 0.6) is 0 Å². The van der Waals surface area contributed by atoms with E-state index in [0.29, 0.717) is 11.8 Å². The molecule has 0 N–H and O–H groups in total. The third kappa shape index (κ3) is 3.93. The van der Waals surface area contributed by atoms with Gasteiger partial charge in [-0.15, -0.1) is 0 Å². The molecule has 7 heteroatoms. The number of rotatable bonds is 4. The molecule has 4 rings (SSSR count). The van der Waals surface area contributed by atoms with Crippen molar-refractivity contribution in [3.05, 3.63) is 34.1 Å². The molecule has 0 saturated carbocycles. The van der Waals surface area contributed by atoms with Crippen LogP contribution in [-0.4, -0.2) is 47.3 Å². The molecular weight excluding hydrogens is 338 g/mol. The highest BCUT2D eigenvalue weighted by atomic mass is 32.1. The quantitative estimate of drug-likeness (QED) is 0.837. The van der Waals surface area contributed by atoms with Crippen LogP contribution in [0.2, 0.25) is 0 Å². The SMILES string of the molecule is O=C(c1ccsc1)N1CCC(Cc2nc(C3CCOCC3)no2)CC1. The molecule has 2 saturated heterocycles. The van der Waals surface area contributed by atoms with Crippen LogP contribution in [0.25, 0.3) is 0 Å². The van der Waals surface area contributed by atoms with E-state index in [-0.39, 0.29) is 5.91 Å². The fourth-order valence-electron chi connectivity index (χ4n) is 3.63. The van der Waals surface area contributed by atoms with Crippen molar-refractivity contribution in [1.82, 2.24) is 15.0 Å². The van der Waals surface area contributed by atoms with Gasteiger partial charge in [-0.05, 0) is 43.0 Å². The summed E-state index contributed by atoms with van der Waals surface area (Å²) in [6.07, 6.45) is 4.75. The zero-order valence-corrected chi connectivity index (χ0v) is 15.0. The van der Waals surface area contributed by atoms with E-state index >= 15 is 0 Å². The molecule has 2 aliphatic heterocycles. The number of amides is 1. The molecule has 0 atom stereocenters. The average Bonchev–Trinajstić information content (AvgIpc) is 3.35. The third-order valence-electron chi connectivity index (χ3n) is 5.20. The third-order valence-corrected chi connectivity index (χ3v) is 5.89. The normalized spacial score (nSPS) is 20.1. The molecule has 1 amide bonds. The minimum Gasteiger partial charge on any atom is -0.381 e. The summed E-state index contributed by atoms with van der Waals surface area (Å²) in [4.78, 5) is 19.0. The molecule has 0 aromatic carbocycles. The summed E-state index contributed by atoms with van der Waals surface area (Å²) in [5.41, 5.74) is 0.807. The first-order valence-electron chi connectivity index (χ1n) is 9.01. The van der Waals surface area contributed by atoms with Crippen molar-refractivity contribution in [2.45, 2.75) is 38.0 Å². The summed E-state index contributed by atoms with van der Waals surface area (Å²) in [6.45, 7) is 3.18. The zero-order chi connectivity index (χ0) is 17.1. The lowest BCUT2D eigenvalue weighted by atomic mass is 9.93. The van der Waals surface area contributed by atoms with Crippen molar-refractivity contribution in [1.29, 1.82) is 0 Å². The van der Waals surface area contributed by atoms with E-state index < -0.39 is 0 Å². The van der Waals surface area contributed by atoms with Gasteiger partial charge in [-0.1, -0.05) is 5.16 Å². The van der Waals surface area contributed by atoms with Crippen LogP contribution in [0.3, 0.4) is 0 Å². The number of piperidine rings is 1. The summed E-state index contributed by atoms with van der Waals surface area (Å²) in [5, 5.41) is 8.05. The van der Waals surface area contributed by atoms with E-state index in [1.54, 1.807) is 11.3 Å². The topological polar surface area (TPSA) is 68.5 Å². The van der Waals surface area contributed by atoms with E-state index in [4.69, 9.17) is 9.26 Å².